The van der Waals surface area contributed by atoms with Crippen molar-refractivity contribution in [2.45, 2.75) is 44.2 Å². The average Bonchev–Trinajstić information content (AvgIpc) is 3.50. The first-order valence-electron chi connectivity index (χ1n) is 12.5. The summed E-state index contributed by atoms with van der Waals surface area (Å²) in [7, 11) is 1.69. The molecule has 0 radical (unpaired) electrons. The fourth-order valence-corrected chi connectivity index (χ4v) is 5.21. The second kappa shape index (κ2) is 9.93. The molecule has 2 aromatic rings. The molecule has 0 spiro atoms. The highest BCUT2D eigenvalue weighted by molar-refractivity contribution is 6.32. The van der Waals surface area contributed by atoms with Crippen molar-refractivity contribution in [1.29, 1.82) is 0 Å². The van der Waals surface area contributed by atoms with Gasteiger partial charge in [0.1, 0.15) is 26.0 Å². The highest BCUT2D eigenvalue weighted by Crippen LogP contribution is 2.36. The van der Waals surface area contributed by atoms with Gasteiger partial charge < -0.3 is 15.0 Å². The molecule has 3 amide bonds. The van der Waals surface area contributed by atoms with Gasteiger partial charge in [0, 0.05) is 48.4 Å². The van der Waals surface area contributed by atoms with Crippen LogP contribution in [0.3, 0.4) is 0 Å². The summed E-state index contributed by atoms with van der Waals surface area (Å²) < 4.78 is 20.4. The Morgan fingerprint density at radius 3 is 2.72 bits per heavy atom. The van der Waals surface area contributed by atoms with Gasteiger partial charge in [0.2, 0.25) is 11.8 Å². The standard InChI is InChI=1S/C26H30BFN4O4/c27-26(9-8-23(33)30-25(26)35)32-16-20-19(24(32)34)4-3-5-22(20)29-15-17-14-18(6-7-21(17)28)36-13-12-31-10-1-2-11-31/h3-7,14,29H,1-2,8-13,15-16,27H2,(H,30,33,35). The molecule has 0 aliphatic carbocycles. The number of ether oxygens (including phenoxy) is 1. The smallest absolute Gasteiger partial charge is 0.254 e. The number of piperidine rings is 1. The Bertz CT molecular complexity index is 1200. The molecule has 8 nitrogen and oxygen atoms in total. The van der Waals surface area contributed by atoms with Gasteiger partial charge in [-0.2, -0.15) is 0 Å². The minimum Gasteiger partial charge on any atom is -0.492 e. The normalized spacial score (nSPS) is 22.0. The van der Waals surface area contributed by atoms with Gasteiger partial charge >= 0.3 is 0 Å². The summed E-state index contributed by atoms with van der Waals surface area (Å²) in [5, 5.41) is 5.62. The van der Waals surface area contributed by atoms with Crippen LogP contribution in [0.5, 0.6) is 5.75 Å². The third-order valence-electron chi connectivity index (χ3n) is 7.51. The van der Waals surface area contributed by atoms with E-state index in [0.717, 1.165) is 25.2 Å². The number of rotatable bonds is 8. The van der Waals surface area contributed by atoms with E-state index >= 15 is 0 Å². The van der Waals surface area contributed by atoms with Crippen molar-refractivity contribution in [2.24, 2.45) is 0 Å². The van der Waals surface area contributed by atoms with Crippen LogP contribution >= 0.6 is 0 Å². The van der Waals surface area contributed by atoms with Crippen LogP contribution in [0.15, 0.2) is 36.4 Å². The van der Waals surface area contributed by atoms with E-state index in [4.69, 9.17) is 4.74 Å². The van der Waals surface area contributed by atoms with Crippen LogP contribution in [0.4, 0.5) is 10.1 Å². The van der Waals surface area contributed by atoms with Crippen molar-refractivity contribution in [1.82, 2.24) is 15.1 Å². The zero-order chi connectivity index (χ0) is 25.3. The number of hydrogen-bond acceptors (Lipinski definition) is 6. The molecule has 36 heavy (non-hydrogen) atoms. The highest BCUT2D eigenvalue weighted by Gasteiger charge is 2.48. The van der Waals surface area contributed by atoms with Crippen molar-refractivity contribution >= 4 is 31.3 Å². The van der Waals surface area contributed by atoms with Crippen molar-refractivity contribution < 1.29 is 23.5 Å². The molecule has 2 aromatic carbocycles. The van der Waals surface area contributed by atoms with Crippen molar-refractivity contribution in [3.05, 3.63) is 58.9 Å². The molecule has 10 heteroatoms. The molecule has 0 bridgehead atoms. The van der Waals surface area contributed by atoms with Gasteiger partial charge in [-0.25, -0.2) is 4.39 Å². The number of carbonyl (C=O) groups excluding carboxylic acids is 3. The number of halogens is 1. The van der Waals surface area contributed by atoms with Crippen LogP contribution in [-0.2, 0) is 22.7 Å². The van der Waals surface area contributed by atoms with Gasteiger partial charge in [-0.05, 0) is 62.7 Å². The molecule has 3 aliphatic rings. The van der Waals surface area contributed by atoms with Gasteiger partial charge in [-0.1, -0.05) is 6.07 Å². The topological polar surface area (TPSA) is 91.0 Å². The van der Waals surface area contributed by atoms with Crippen LogP contribution in [0, 0.1) is 5.82 Å². The summed E-state index contributed by atoms with van der Waals surface area (Å²) in [4.78, 5) is 41.4. The lowest BCUT2D eigenvalue weighted by atomic mass is 9.70. The lowest BCUT2D eigenvalue weighted by molar-refractivity contribution is -0.138. The number of carbonyl (C=O) groups is 3. The van der Waals surface area contributed by atoms with E-state index in [-0.39, 0.29) is 43.6 Å². The maximum Gasteiger partial charge on any atom is 0.254 e. The van der Waals surface area contributed by atoms with Crippen LogP contribution in [0.25, 0.3) is 0 Å². The number of nitrogens with zero attached hydrogens (tertiary/aromatic N) is 2. The van der Waals surface area contributed by atoms with Gasteiger partial charge in [0.15, 0.2) is 0 Å². The second-order valence-corrected chi connectivity index (χ2v) is 9.88. The fourth-order valence-electron chi connectivity index (χ4n) is 5.21. The van der Waals surface area contributed by atoms with E-state index in [0.29, 0.717) is 29.2 Å². The summed E-state index contributed by atoms with van der Waals surface area (Å²) in [5.41, 5.74) is 1.33. The van der Waals surface area contributed by atoms with E-state index in [1.807, 2.05) is 6.07 Å². The van der Waals surface area contributed by atoms with Crippen molar-refractivity contribution in [3.63, 3.8) is 0 Å². The Hall–Kier alpha value is -3.40. The Balaban J connectivity index is 1.27. The maximum atomic E-state index is 14.6. The summed E-state index contributed by atoms with van der Waals surface area (Å²) in [6, 6.07) is 10.1. The Labute approximate surface area is 210 Å². The van der Waals surface area contributed by atoms with E-state index in [9.17, 15) is 18.8 Å². The molecule has 3 heterocycles. The predicted molar refractivity (Wildman–Crippen MR) is 135 cm³/mol. The molecular weight excluding hydrogens is 462 g/mol. The first-order chi connectivity index (χ1) is 17.3. The van der Waals surface area contributed by atoms with Crippen LogP contribution in [-0.4, -0.2) is 67.0 Å². The Morgan fingerprint density at radius 1 is 1.14 bits per heavy atom. The zero-order valence-electron chi connectivity index (χ0n) is 20.4. The SMILES string of the molecule is BC1(N2Cc3c(NCc4cc(OCCN5CCCC5)ccc4F)cccc3C2=O)CCC(=O)NC1=O. The van der Waals surface area contributed by atoms with Gasteiger partial charge in [0.25, 0.3) is 5.91 Å². The van der Waals surface area contributed by atoms with E-state index < -0.39 is 11.3 Å². The molecule has 2 fully saturated rings. The third-order valence-corrected chi connectivity index (χ3v) is 7.51. The van der Waals surface area contributed by atoms with Crippen molar-refractivity contribution in [3.8, 4) is 5.75 Å². The first kappa shape index (κ1) is 24.3. The van der Waals surface area contributed by atoms with E-state index in [1.54, 1.807) is 32.1 Å². The quantitative estimate of drug-likeness (QED) is 0.430. The summed E-state index contributed by atoms with van der Waals surface area (Å²) in [6.07, 6.45) is 2.91. The molecule has 0 saturated carbocycles. The molecular formula is C26H30BFN4O4. The Morgan fingerprint density at radius 2 is 1.94 bits per heavy atom. The summed E-state index contributed by atoms with van der Waals surface area (Å²) in [6.45, 7) is 4.07. The van der Waals surface area contributed by atoms with Gasteiger partial charge in [0.05, 0.1) is 5.44 Å². The van der Waals surface area contributed by atoms with Gasteiger partial charge in [-0.3, -0.25) is 24.6 Å². The summed E-state index contributed by atoms with van der Waals surface area (Å²) in [5.74, 6) is -0.750. The minimum atomic E-state index is -1.10. The molecule has 2 saturated heterocycles. The number of likely N-dealkylation sites (tertiary alicyclic amines) is 1. The number of amides is 3. The van der Waals surface area contributed by atoms with Crippen molar-refractivity contribution in [2.75, 3.05) is 31.6 Å². The fraction of sp³-hybridized carbons (Fsp3) is 0.423. The number of hydrogen-bond donors (Lipinski definition) is 2. The summed E-state index contributed by atoms with van der Waals surface area (Å²) >= 11 is 0. The molecule has 3 aliphatic heterocycles. The van der Waals surface area contributed by atoms with E-state index in [1.165, 1.54) is 23.8 Å². The molecule has 0 aromatic heterocycles. The highest BCUT2D eigenvalue weighted by atomic mass is 19.1. The second-order valence-electron chi connectivity index (χ2n) is 9.88. The Kier molecular flexibility index (Phi) is 6.70. The molecule has 2 N–H and O–H groups in total. The van der Waals surface area contributed by atoms with E-state index in [2.05, 4.69) is 15.5 Å². The maximum absolute atomic E-state index is 14.6. The number of nitrogens with one attached hydrogen (secondary N) is 2. The zero-order valence-corrected chi connectivity index (χ0v) is 20.4. The average molecular weight is 492 g/mol. The third kappa shape index (κ3) is 4.69. The molecule has 1 atom stereocenters. The lowest BCUT2D eigenvalue weighted by Crippen LogP contribution is -2.63. The predicted octanol–water partition coefficient (Wildman–Crippen LogP) is 1.63. The number of anilines is 1. The lowest BCUT2D eigenvalue weighted by Gasteiger charge is -2.40. The van der Waals surface area contributed by atoms with Crippen LogP contribution in [0.2, 0.25) is 0 Å². The number of imide groups is 1. The molecule has 1 unspecified atom stereocenters. The first-order valence-corrected chi connectivity index (χ1v) is 12.5. The minimum absolute atomic E-state index is 0.184. The molecule has 188 valence electrons. The largest absolute Gasteiger partial charge is 0.492 e. The number of fused-ring (bicyclic) bond motifs is 1. The van der Waals surface area contributed by atoms with Crippen LogP contribution in [0.1, 0.15) is 47.2 Å². The monoisotopic (exact) mass is 492 g/mol. The van der Waals surface area contributed by atoms with Crippen LogP contribution < -0.4 is 15.4 Å². The van der Waals surface area contributed by atoms with Gasteiger partial charge in [-0.15, -0.1) is 0 Å². The number of benzene rings is 2. The molecule has 5 rings (SSSR count).